The van der Waals surface area contributed by atoms with Crippen molar-refractivity contribution >= 4 is 16.9 Å². The molecule has 3 rings (SSSR count). The van der Waals surface area contributed by atoms with Gasteiger partial charge in [0.1, 0.15) is 0 Å². The van der Waals surface area contributed by atoms with Crippen LogP contribution in [0.3, 0.4) is 0 Å². The second-order valence-electron chi connectivity index (χ2n) is 6.03. The number of nitrogens with zero attached hydrogens (tertiary/aromatic N) is 2. The number of carboxylic acids is 1. The summed E-state index contributed by atoms with van der Waals surface area (Å²) in [4.78, 5) is 18.3. The van der Waals surface area contributed by atoms with Gasteiger partial charge in [0.2, 0.25) is 0 Å². The maximum atomic E-state index is 11.8. The molecule has 21 heavy (non-hydrogen) atoms. The Morgan fingerprint density at radius 2 is 2.10 bits per heavy atom. The molecule has 4 heteroatoms. The first-order valence-corrected chi connectivity index (χ1v) is 7.35. The number of fused-ring (bicyclic) bond motifs is 1. The predicted octanol–water partition coefficient (Wildman–Crippen LogP) is 3.13. The van der Waals surface area contributed by atoms with Gasteiger partial charge in [-0.1, -0.05) is 12.1 Å². The fourth-order valence-corrected chi connectivity index (χ4v) is 3.46. The van der Waals surface area contributed by atoms with Crippen LogP contribution < -0.4 is 0 Å². The third kappa shape index (κ3) is 2.51. The van der Waals surface area contributed by atoms with E-state index in [1.807, 2.05) is 18.2 Å². The molecule has 4 nitrogen and oxygen atoms in total. The smallest absolute Gasteiger partial charge is 0.336 e. The number of rotatable bonds is 3. The fourth-order valence-electron chi connectivity index (χ4n) is 3.46. The van der Waals surface area contributed by atoms with E-state index in [0.29, 0.717) is 17.5 Å². The Balaban J connectivity index is 2.07. The molecule has 1 aromatic heterocycles. The van der Waals surface area contributed by atoms with E-state index in [1.54, 1.807) is 12.3 Å². The van der Waals surface area contributed by atoms with Gasteiger partial charge in [0, 0.05) is 17.6 Å². The first-order valence-electron chi connectivity index (χ1n) is 7.35. The van der Waals surface area contributed by atoms with Gasteiger partial charge in [-0.05, 0) is 57.0 Å². The molecule has 0 spiro atoms. The van der Waals surface area contributed by atoms with E-state index in [2.05, 4.69) is 24.0 Å². The molecule has 0 saturated heterocycles. The first kappa shape index (κ1) is 14.0. The number of hydrogen-bond donors (Lipinski definition) is 1. The Kier molecular flexibility index (Phi) is 3.64. The van der Waals surface area contributed by atoms with Gasteiger partial charge in [-0.15, -0.1) is 0 Å². The summed E-state index contributed by atoms with van der Waals surface area (Å²) < 4.78 is 0. The largest absolute Gasteiger partial charge is 0.478 e. The minimum absolute atomic E-state index is 0.327. The number of hydrogen-bond acceptors (Lipinski definition) is 3. The quantitative estimate of drug-likeness (QED) is 0.940. The Bertz CT molecular complexity index is 682. The maximum Gasteiger partial charge on any atom is 0.336 e. The summed E-state index contributed by atoms with van der Waals surface area (Å²) >= 11 is 0. The third-order valence-electron chi connectivity index (χ3n) is 4.61. The number of aromatic nitrogens is 1. The molecule has 1 heterocycles. The highest BCUT2D eigenvalue weighted by molar-refractivity contribution is 6.04. The van der Waals surface area contributed by atoms with Crippen LogP contribution in [0, 0.1) is 0 Å². The lowest BCUT2D eigenvalue weighted by Gasteiger charge is -2.20. The standard InChI is InChI=1S/C17H20N2O2/c1-19(2)12-6-5-11(10-12)13-7-8-15-14(4-3-9-18-15)16(13)17(20)21/h3-4,7-9,11-12H,5-6,10H2,1-2H3,(H,20,21). The zero-order valence-corrected chi connectivity index (χ0v) is 12.4. The van der Waals surface area contributed by atoms with Crippen molar-refractivity contribution in [2.45, 2.75) is 31.2 Å². The van der Waals surface area contributed by atoms with E-state index in [1.165, 1.54) is 0 Å². The first-order chi connectivity index (χ1) is 10.1. The van der Waals surface area contributed by atoms with E-state index < -0.39 is 5.97 Å². The SMILES string of the molecule is CN(C)C1CCC(c2ccc3ncccc3c2C(=O)O)C1. The second-order valence-corrected chi connectivity index (χ2v) is 6.03. The molecule has 1 N–H and O–H groups in total. The molecule has 1 aromatic carbocycles. The molecular formula is C17H20N2O2. The topological polar surface area (TPSA) is 53.4 Å². The van der Waals surface area contributed by atoms with E-state index in [4.69, 9.17) is 0 Å². The number of carbonyl (C=O) groups is 1. The van der Waals surface area contributed by atoms with Crippen molar-refractivity contribution in [3.05, 3.63) is 41.6 Å². The molecule has 0 bridgehead atoms. The van der Waals surface area contributed by atoms with Crippen molar-refractivity contribution in [3.63, 3.8) is 0 Å². The fraction of sp³-hybridized carbons (Fsp3) is 0.412. The molecule has 0 amide bonds. The van der Waals surface area contributed by atoms with Gasteiger partial charge in [0.25, 0.3) is 0 Å². The van der Waals surface area contributed by atoms with Crippen LogP contribution in [-0.4, -0.2) is 41.1 Å². The van der Waals surface area contributed by atoms with Crippen molar-refractivity contribution < 1.29 is 9.90 Å². The summed E-state index contributed by atoms with van der Waals surface area (Å²) in [7, 11) is 4.19. The van der Waals surface area contributed by atoms with Crippen LogP contribution in [0.4, 0.5) is 0 Å². The molecule has 0 aliphatic heterocycles. The Morgan fingerprint density at radius 3 is 2.76 bits per heavy atom. The summed E-state index contributed by atoms with van der Waals surface area (Å²) in [6.45, 7) is 0. The lowest BCUT2D eigenvalue weighted by atomic mass is 9.90. The summed E-state index contributed by atoms with van der Waals surface area (Å²) in [6, 6.07) is 8.10. The zero-order chi connectivity index (χ0) is 15.0. The lowest BCUT2D eigenvalue weighted by molar-refractivity contribution is 0.0697. The van der Waals surface area contributed by atoms with Crippen LogP contribution in [0.15, 0.2) is 30.5 Å². The normalized spacial score (nSPS) is 22.0. The maximum absolute atomic E-state index is 11.8. The zero-order valence-electron chi connectivity index (χ0n) is 12.4. The average molecular weight is 284 g/mol. The van der Waals surface area contributed by atoms with E-state index in [9.17, 15) is 9.90 Å². The van der Waals surface area contributed by atoms with Crippen LogP contribution in [-0.2, 0) is 0 Å². The van der Waals surface area contributed by atoms with Gasteiger partial charge in [-0.25, -0.2) is 4.79 Å². The van der Waals surface area contributed by atoms with E-state index in [-0.39, 0.29) is 0 Å². The summed E-state index contributed by atoms with van der Waals surface area (Å²) in [5.41, 5.74) is 2.15. The van der Waals surface area contributed by atoms with Crippen LogP contribution >= 0.6 is 0 Å². The van der Waals surface area contributed by atoms with E-state index in [0.717, 1.165) is 35.7 Å². The average Bonchev–Trinajstić information content (AvgIpc) is 2.95. The van der Waals surface area contributed by atoms with Gasteiger partial charge in [0.15, 0.2) is 0 Å². The van der Waals surface area contributed by atoms with Gasteiger partial charge in [0.05, 0.1) is 11.1 Å². The Morgan fingerprint density at radius 1 is 1.29 bits per heavy atom. The van der Waals surface area contributed by atoms with Crippen molar-refractivity contribution in [3.8, 4) is 0 Å². The van der Waals surface area contributed by atoms with Crippen LogP contribution in [0.5, 0.6) is 0 Å². The summed E-state index contributed by atoms with van der Waals surface area (Å²) in [5, 5.41) is 10.4. The van der Waals surface area contributed by atoms with Gasteiger partial charge in [-0.2, -0.15) is 0 Å². The predicted molar refractivity (Wildman–Crippen MR) is 82.8 cm³/mol. The molecule has 1 aliphatic carbocycles. The molecule has 2 unspecified atom stereocenters. The molecule has 0 radical (unpaired) electrons. The van der Waals surface area contributed by atoms with Crippen molar-refractivity contribution in [2.24, 2.45) is 0 Å². The highest BCUT2D eigenvalue weighted by atomic mass is 16.4. The highest BCUT2D eigenvalue weighted by Gasteiger charge is 2.30. The highest BCUT2D eigenvalue weighted by Crippen LogP contribution is 2.39. The van der Waals surface area contributed by atoms with Gasteiger partial charge in [-0.3, -0.25) is 4.98 Å². The summed E-state index contributed by atoms with van der Waals surface area (Å²) in [5.74, 6) is -0.523. The van der Waals surface area contributed by atoms with Crippen molar-refractivity contribution in [1.82, 2.24) is 9.88 Å². The van der Waals surface area contributed by atoms with Crippen molar-refractivity contribution in [2.75, 3.05) is 14.1 Å². The molecular weight excluding hydrogens is 264 g/mol. The molecule has 1 saturated carbocycles. The minimum Gasteiger partial charge on any atom is -0.478 e. The van der Waals surface area contributed by atoms with E-state index >= 15 is 0 Å². The Labute approximate surface area is 124 Å². The number of aromatic carboxylic acids is 1. The third-order valence-corrected chi connectivity index (χ3v) is 4.61. The molecule has 1 fully saturated rings. The molecule has 2 atom stereocenters. The number of carboxylic acid groups (broad SMARTS) is 1. The van der Waals surface area contributed by atoms with Gasteiger partial charge < -0.3 is 10.0 Å². The Hall–Kier alpha value is -1.94. The summed E-state index contributed by atoms with van der Waals surface area (Å²) in [6.07, 6.45) is 4.90. The minimum atomic E-state index is -0.850. The number of pyridine rings is 1. The number of benzene rings is 1. The second kappa shape index (κ2) is 5.45. The van der Waals surface area contributed by atoms with Crippen LogP contribution in [0.25, 0.3) is 10.9 Å². The van der Waals surface area contributed by atoms with Crippen molar-refractivity contribution in [1.29, 1.82) is 0 Å². The monoisotopic (exact) mass is 284 g/mol. The van der Waals surface area contributed by atoms with Crippen LogP contribution in [0.1, 0.15) is 41.1 Å². The van der Waals surface area contributed by atoms with Crippen LogP contribution in [0.2, 0.25) is 0 Å². The molecule has 2 aromatic rings. The lowest BCUT2D eigenvalue weighted by Crippen LogP contribution is -2.24. The molecule has 1 aliphatic rings. The molecule has 110 valence electrons. The van der Waals surface area contributed by atoms with Gasteiger partial charge >= 0.3 is 5.97 Å².